The third kappa shape index (κ3) is 2.04. The minimum atomic E-state index is -0.654. The molecule has 1 heterocycles. The lowest BCUT2D eigenvalue weighted by molar-refractivity contribution is -0.144. The molecule has 1 aromatic rings. The molecule has 26 heavy (non-hydrogen) atoms. The molecular formula is C21H26FNO3. The maximum atomic E-state index is 13.6. The van der Waals surface area contributed by atoms with Crippen molar-refractivity contribution in [3.05, 3.63) is 35.6 Å². The third-order valence-electron chi connectivity index (χ3n) is 8.14. The number of carbonyl (C=O) groups excluding carboxylic acids is 1. The molecule has 5 fully saturated rings. The van der Waals surface area contributed by atoms with Crippen LogP contribution in [0.3, 0.4) is 0 Å². The highest BCUT2D eigenvalue weighted by Gasteiger charge is 2.70. The summed E-state index contributed by atoms with van der Waals surface area (Å²) in [7, 11) is 0. The first kappa shape index (κ1) is 16.7. The number of hydrogen-bond acceptors (Lipinski definition) is 3. The summed E-state index contributed by atoms with van der Waals surface area (Å²) in [6, 6.07) is 6.67. The number of β-amino-alcohol motifs (C(OH)–C–C–N with tert-alkyl or cyclic N) is 1. The second kappa shape index (κ2) is 5.29. The number of carbonyl (C=O) groups is 1. The van der Waals surface area contributed by atoms with Gasteiger partial charge >= 0.3 is 0 Å². The minimum absolute atomic E-state index is 0.0790. The van der Waals surface area contributed by atoms with Crippen LogP contribution in [-0.4, -0.2) is 45.8 Å². The highest BCUT2D eigenvalue weighted by molar-refractivity contribution is 5.79. The highest BCUT2D eigenvalue weighted by Crippen LogP contribution is 2.71. The van der Waals surface area contributed by atoms with Crippen LogP contribution in [-0.2, 0) is 10.2 Å². The normalized spacial score (nSPS) is 43.8. The number of halogens is 1. The number of nitrogens with zero attached hydrogens (tertiary/aromatic N) is 1. The Morgan fingerprint density at radius 3 is 2.46 bits per heavy atom. The third-order valence-corrected chi connectivity index (χ3v) is 8.14. The molecule has 0 aromatic heterocycles. The largest absolute Gasteiger partial charge is 0.390 e. The number of amides is 1. The Balaban J connectivity index is 1.55. The van der Waals surface area contributed by atoms with Crippen molar-refractivity contribution < 1.29 is 19.4 Å². The summed E-state index contributed by atoms with van der Waals surface area (Å²) in [5.74, 6) is 0.964. The first-order valence-corrected chi connectivity index (χ1v) is 9.76. The van der Waals surface area contributed by atoms with E-state index >= 15 is 0 Å². The van der Waals surface area contributed by atoms with Crippen molar-refractivity contribution in [3.8, 4) is 0 Å². The van der Waals surface area contributed by atoms with Gasteiger partial charge in [-0.1, -0.05) is 12.1 Å². The van der Waals surface area contributed by atoms with Gasteiger partial charge in [0.05, 0.1) is 11.7 Å². The predicted molar refractivity (Wildman–Crippen MR) is 93.7 cm³/mol. The Kier molecular flexibility index (Phi) is 3.40. The zero-order chi connectivity index (χ0) is 18.3. The number of aliphatic hydroxyl groups excluding tert-OH is 1. The molecule has 6 rings (SSSR count). The summed E-state index contributed by atoms with van der Waals surface area (Å²) in [5.41, 5.74) is 0.0771. The summed E-state index contributed by atoms with van der Waals surface area (Å²) >= 11 is 0. The number of likely N-dealkylation sites (tertiary alicyclic amines) is 1. The van der Waals surface area contributed by atoms with E-state index in [-0.39, 0.29) is 29.0 Å². The molecule has 4 saturated carbocycles. The summed E-state index contributed by atoms with van der Waals surface area (Å²) in [4.78, 5) is 14.7. The fraction of sp³-hybridized carbons (Fsp3) is 0.667. The molecule has 0 radical (unpaired) electrons. The van der Waals surface area contributed by atoms with Crippen LogP contribution < -0.4 is 0 Å². The summed E-state index contributed by atoms with van der Waals surface area (Å²) in [6.07, 6.45) is 2.83. The molecule has 4 nitrogen and oxygen atoms in total. The SMILES string of the molecule is C[C@@]1(O)C2CC3CC1C(C2)[C@@]3(CC(=O)N1CC(O)C1)c1ccc(F)cc1. The molecule has 1 amide bonds. The van der Waals surface area contributed by atoms with Crippen molar-refractivity contribution in [2.24, 2.45) is 23.7 Å². The summed E-state index contributed by atoms with van der Waals surface area (Å²) < 4.78 is 13.6. The van der Waals surface area contributed by atoms with Gasteiger partial charge in [-0.3, -0.25) is 4.79 Å². The molecule has 1 aromatic carbocycles. The van der Waals surface area contributed by atoms with Crippen molar-refractivity contribution in [2.75, 3.05) is 13.1 Å². The zero-order valence-electron chi connectivity index (χ0n) is 15.1. The van der Waals surface area contributed by atoms with Gasteiger partial charge in [-0.25, -0.2) is 4.39 Å². The van der Waals surface area contributed by atoms with Gasteiger partial charge in [-0.05, 0) is 67.6 Å². The van der Waals surface area contributed by atoms with Crippen LogP contribution in [0.25, 0.3) is 0 Å². The zero-order valence-corrected chi connectivity index (χ0v) is 15.1. The molecule has 6 atom stereocenters. The number of aliphatic hydroxyl groups is 2. The van der Waals surface area contributed by atoms with Crippen LogP contribution in [0, 0.1) is 29.5 Å². The summed E-state index contributed by atoms with van der Waals surface area (Å²) in [6.45, 7) is 2.79. The van der Waals surface area contributed by atoms with Gasteiger partial charge in [0.2, 0.25) is 5.91 Å². The Bertz CT molecular complexity index is 738. The molecule has 1 saturated heterocycles. The van der Waals surface area contributed by atoms with Crippen molar-refractivity contribution in [1.29, 1.82) is 0 Å². The monoisotopic (exact) mass is 359 g/mol. The predicted octanol–water partition coefficient (Wildman–Crippen LogP) is 2.08. The molecule has 4 unspecified atom stereocenters. The van der Waals surface area contributed by atoms with Gasteiger partial charge in [0, 0.05) is 24.9 Å². The molecule has 140 valence electrons. The first-order chi connectivity index (χ1) is 12.3. The molecule has 4 bridgehead atoms. The van der Waals surface area contributed by atoms with E-state index in [1.54, 1.807) is 4.90 Å². The number of benzene rings is 1. The maximum absolute atomic E-state index is 13.6. The molecule has 5 heteroatoms. The highest BCUT2D eigenvalue weighted by atomic mass is 19.1. The van der Waals surface area contributed by atoms with E-state index in [1.165, 1.54) is 12.1 Å². The average molecular weight is 359 g/mol. The van der Waals surface area contributed by atoms with Gasteiger partial charge in [0.25, 0.3) is 0 Å². The van der Waals surface area contributed by atoms with E-state index in [4.69, 9.17) is 0 Å². The van der Waals surface area contributed by atoms with Crippen LogP contribution >= 0.6 is 0 Å². The van der Waals surface area contributed by atoms with Crippen molar-refractivity contribution >= 4 is 5.91 Å². The molecule has 0 spiro atoms. The lowest BCUT2D eigenvalue weighted by atomic mass is 9.58. The smallest absolute Gasteiger partial charge is 0.223 e. The lowest BCUT2D eigenvalue weighted by Crippen LogP contribution is -2.56. The number of rotatable bonds is 3. The van der Waals surface area contributed by atoms with Gasteiger partial charge in [-0.15, -0.1) is 0 Å². The van der Waals surface area contributed by atoms with E-state index in [9.17, 15) is 19.4 Å². The van der Waals surface area contributed by atoms with E-state index in [0.717, 1.165) is 24.8 Å². The summed E-state index contributed by atoms with van der Waals surface area (Å²) in [5, 5.41) is 20.6. The van der Waals surface area contributed by atoms with Crippen LogP contribution in [0.5, 0.6) is 0 Å². The molecular weight excluding hydrogens is 333 g/mol. The average Bonchev–Trinajstić information content (AvgIpc) is 2.85. The van der Waals surface area contributed by atoms with E-state index < -0.39 is 11.7 Å². The van der Waals surface area contributed by atoms with E-state index in [0.29, 0.717) is 31.3 Å². The molecule has 1 aliphatic heterocycles. The van der Waals surface area contributed by atoms with Crippen LogP contribution in [0.1, 0.15) is 38.2 Å². The van der Waals surface area contributed by atoms with Gasteiger partial charge in [0.1, 0.15) is 5.82 Å². The molecule has 4 aliphatic carbocycles. The maximum Gasteiger partial charge on any atom is 0.223 e. The molecule has 2 N–H and O–H groups in total. The number of hydrogen-bond donors (Lipinski definition) is 2. The first-order valence-electron chi connectivity index (χ1n) is 9.76. The van der Waals surface area contributed by atoms with Gasteiger partial charge in [-0.2, -0.15) is 0 Å². The van der Waals surface area contributed by atoms with E-state index in [1.807, 2.05) is 19.1 Å². The molecule has 5 aliphatic rings. The van der Waals surface area contributed by atoms with Crippen LogP contribution in [0.2, 0.25) is 0 Å². The lowest BCUT2D eigenvalue weighted by Gasteiger charge is -2.47. The fourth-order valence-electron chi connectivity index (χ4n) is 6.80. The standard InChI is InChI=1S/C21H26FNO3/c1-20(26)13-6-14-8-17(20)18(7-13)21(14,12-2-4-15(22)5-3-12)9-19(25)23-10-16(24)11-23/h2-5,13-14,16-18,24,26H,6-11H2,1H3/t13?,14?,17?,18?,20-,21+/m1/s1. The van der Waals surface area contributed by atoms with Crippen LogP contribution in [0.15, 0.2) is 24.3 Å². The Labute approximate surface area is 153 Å². The van der Waals surface area contributed by atoms with E-state index in [2.05, 4.69) is 0 Å². The van der Waals surface area contributed by atoms with Gasteiger partial charge in [0.15, 0.2) is 0 Å². The van der Waals surface area contributed by atoms with Crippen LogP contribution in [0.4, 0.5) is 4.39 Å². The van der Waals surface area contributed by atoms with Gasteiger partial charge < -0.3 is 15.1 Å². The quantitative estimate of drug-likeness (QED) is 0.869. The minimum Gasteiger partial charge on any atom is -0.390 e. The topological polar surface area (TPSA) is 60.8 Å². The second-order valence-electron chi connectivity index (χ2n) is 9.22. The van der Waals surface area contributed by atoms with Crippen molar-refractivity contribution in [3.63, 3.8) is 0 Å². The Morgan fingerprint density at radius 1 is 1.15 bits per heavy atom. The fourth-order valence-corrected chi connectivity index (χ4v) is 6.80. The Morgan fingerprint density at radius 2 is 1.81 bits per heavy atom. The van der Waals surface area contributed by atoms with Crippen molar-refractivity contribution in [1.82, 2.24) is 4.90 Å². The van der Waals surface area contributed by atoms with Crippen molar-refractivity contribution in [2.45, 2.75) is 49.7 Å². The second-order valence-corrected chi connectivity index (χ2v) is 9.22. The Hall–Kier alpha value is -1.46.